The zero-order valence-corrected chi connectivity index (χ0v) is 16.3. The number of hydrogen-bond donors (Lipinski definition) is 0. The fourth-order valence-corrected chi connectivity index (χ4v) is 3.36. The van der Waals surface area contributed by atoms with Crippen LogP contribution in [0.5, 0.6) is 0 Å². The number of carbonyl (C=O) groups excluding carboxylic acids is 1. The summed E-state index contributed by atoms with van der Waals surface area (Å²) >= 11 is 0. The summed E-state index contributed by atoms with van der Waals surface area (Å²) in [5.41, 5.74) is -1.23. The van der Waals surface area contributed by atoms with E-state index in [1.807, 2.05) is 0 Å². The first kappa shape index (κ1) is 24.0. The summed E-state index contributed by atoms with van der Waals surface area (Å²) in [7, 11) is 0. The third kappa shape index (κ3) is 5.96. The number of ether oxygens (including phenoxy) is 1. The van der Waals surface area contributed by atoms with Crippen LogP contribution in [0.15, 0.2) is 48.5 Å². The Labute approximate surface area is 177 Å². The average Bonchev–Trinajstić information content (AvgIpc) is 2.99. The number of benzene rings is 2. The molecule has 1 heterocycles. The van der Waals surface area contributed by atoms with Crippen molar-refractivity contribution < 1.29 is 44.7 Å². The fourth-order valence-electron chi connectivity index (χ4n) is 3.36. The van der Waals surface area contributed by atoms with E-state index in [9.17, 15) is 39.9 Å². The van der Waals surface area contributed by atoms with Crippen molar-refractivity contribution in [2.24, 2.45) is 0 Å². The van der Waals surface area contributed by atoms with E-state index in [1.54, 1.807) is 0 Å². The number of nitrogens with zero attached hydrogens (tertiary/aromatic N) is 1. The van der Waals surface area contributed by atoms with Gasteiger partial charge in [-0.1, -0.05) is 24.3 Å². The minimum atomic E-state index is -4.54. The highest BCUT2D eigenvalue weighted by Crippen LogP contribution is 2.35. The molecule has 2 aromatic rings. The highest BCUT2D eigenvalue weighted by Gasteiger charge is 2.48. The molecule has 1 aliphatic heterocycles. The van der Waals surface area contributed by atoms with Gasteiger partial charge in [-0.05, 0) is 35.4 Å². The molecule has 11 heteroatoms. The van der Waals surface area contributed by atoms with Crippen LogP contribution in [0, 0.1) is 0 Å². The van der Waals surface area contributed by atoms with Gasteiger partial charge in [-0.2, -0.15) is 26.3 Å². The van der Waals surface area contributed by atoms with Crippen molar-refractivity contribution in [3.8, 4) is 0 Å². The van der Waals surface area contributed by atoms with Crippen molar-refractivity contribution >= 4 is 5.97 Å². The second-order valence-corrected chi connectivity index (χ2v) is 7.48. The first-order valence-electron chi connectivity index (χ1n) is 9.35. The molecule has 3 rings (SSSR count). The second-order valence-electron chi connectivity index (χ2n) is 7.48. The molecule has 2 aromatic carbocycles. The maximum atomic E-state index is 13.9. The quantitative estimate of drug-likeness (QED) is 0.419. The molecule has 0 unspecified atom stereocenters. The summed E-state index contributed by atoms with van der Waals surface area (Å²) in [6, 6.07) is 6.42. The summed E-state index contributed by atoms with van der Waals surface area (Å²) < 4.78 is 109. The van der Waals surface area contributed by atoms with E-state index in [1.165, 1.54) is 0 Å². The predicted molar refractivity (Wildman–Crippen MR) is 96.4 cm³/mol. The fraction of sp³-hybridized carbons (Fsp3) is 0.381. The van der Waals surface area contributed by atoms with Crippen molar-refractivity contribution in [3.05, 3.63) is 70.8 Å². The van der Waals surface area contributed by atoms with Crippen LogP contribution in [-0.4, -0.2) is 29.4 Å². The van der Waals surface area contributed by atoms with E-state index in [2.05, 4.69) is 0 Å². The minimum absolute atomic E-state index is 0.201. The van der Waals surface area contributed by atoms with Crippen LogP contribution in [0.4, 0.5) is 35.1 Å². The van der Waals surface area contributed by atoms with Crippen molar-refractivity contribution in [1.29, 1.82) is 0 Å². The lowest BCUT2D eigenvalue weighted by Crippen LogP contribution is -2.36. The molecule has 1 saturated heterocycles. The molecule has 0 amide bonds. The molecule has 1 atom stereocenters. The van der Waals surface area contributed by atoms with Crippen LogP contribution in [0.3, 0.4) is 0 Å². The van der Waals surface area contributed by atoms with Crippen molar-refractivity contribution in [3.63, 3.8) is 0 Å². The van der Waals surface area contributed by atoms with E-state index in [4.69, 9.17) is 4.74 Å². The number of esters is 1. The Bertz CT molecular complexity index is 936. The van der Waals surface area contributed by atoms with Crippen LogP contribution in [0.25, 0.3) is 0 Å². The average molecular weight is 467 g/mol. The normalized spacial score (nSPS) is 19.2. The van der Waals surface area contributed by atoms with Crippen LogP contribution >= 0.6 is 0 Å². The van der Waals surface area contributed by atoms with Crippen molar-refractivity contribution in [2.45, 2.75) is 43.9 Å². The molecule has 0 aliphatic carbocycles. The second kappa shape index (κ2) is 8.68. The van der Waals surface area contributed by atoms with E-state index in [0.29, 0.717) is 5.56 Å². The molecule has 0 saturated carbocycles. The Balaban J connectivity index is 1.64. The third-order valence-electron chi connectivity index (χ3n) is 4.97. The Morgan fingerprint density at radius 3 is 1.81 bits per heavy atom. The van der Waals surface area contributed by atoms with E-state index in [0.717, 1.165) is 53.4 Å². The molecule has 0 radical (unpaired) electrons. The van der Waals surface area contributed by atoms with Gasteiger partial charge in [0.15, 0.2) is 0 Å². The van der Waals surface area contributed by atoms with Gasteiger partial charge in [0.1, 0.15) is 12.6 Å². The highest BCUT2D eigenvalue weighted by atomic mass is 19.4. The lowest BCUT2D eigenvalue weighted by molar-refractivity contribution is -0.150. The molecule has 32 heavy (non-hydrogen) atoms. The minimum Gasteiger partial charge on any atom is -0.460 e. The molecular weight excluding hydrogens is 450 g/mol. The molecule has 1 aliphatic rings. The molecule has 1 fully saturated rings. The molecule has 0 bridgehead atoms. The summed E-state index contributed by atoms with van der Waals surface area (Å²) in [5.74, 6) is -4.20. The number of likely N-dealkylation sites (tertiary alicyclic amines) is 1. The number of rotatable bonds is 5. The van der Waals surface area contributed by atoms with E-state index in [-0.39, 0.29) is 12.1 Å². The Kier molecular flexibility index (Phi) is 6.50. The summed E-state index contributed by atoms with van der Waals surface area (Å²) in [4.78, 5) is 13.5. The largest absolute Gasteiger partial charge is 0.460 e. The van der Waals surface area contributed by atoms with Crippen LogP contribution < -0.4 is 0 Å². The zero-order chi connectivity index (χ0) is 23.7. The first-order chi connectivity index (χ1) is 14.7. The lowest BCUT2D eigenvalue weighted by Gasteiger charge is -2.22. The topological polar surface area (TPSA) is 29.5 Å². The SMILES string of the molecule is O=C(OCc1ccc(C(F)(F)F)cc1)[C@H]1CC(F)(F)CN1Cc1ccc(C(F)(F)F)cc1. The molecule has 0 N–H and O–H groups in total. The number of hydrogen-bond acceptors (Lipinski definition) is 3. The van der Waals surface area contributed by atoms with E-state index < -0.39 is 61.0 Å². The monoisotopic (exact) mass is 467 g/mol. The van der Waals surface area contributed by atoms with Crippen LogP contribution in [0.2, 0.25) is 0 Å². The Hall–Kier alpha value is -2.69. The van der Waals surface area contributed by atoms with Gasteiger partial charge >= 0.3 is 18.3 Å². The third-order valence-corrected chi connectivity index (χ3v) is 4.97. The van der Waals surface area contributed by atoms with Crippen molar-refractivity contribution in [1.82, 2.24) is 4.90 Å². The van der Waals surface area contributed by atoms with Crippen LogP contribution in [0.1, 0.15) is 28.7 Å². The molecule has 3 nitrogen and oxygen atoms in total. The zero-order valence-electron chi connectivity index (χ0n) is 16.3. The van der Waals surface area contributed by atoms with Gasteiger partial charge in [0, 0.05) is 13.0 Å². The summed E-state index contributed by atoms with van der Waals surface area (Å²) in [6.07, 6.45) is -9.90. The Morgan fingerprint density at radius 1 is 0.875 bits per heavy atom. The maximum absolute atomic E-state index is 13.9. The number of halogens is 8. The molecule has 0 spiro atoms. The van der Waals surface area contributed by atoms with Gasteiger partial charge in [-0.25, -0.2) is 8.78 Å². The van der Waals surface area contributed by atoms with Gasteiger partial charge in [0.25, 0.3) is 5.92 Å². The van der Waals surface area contributed by atoms with Gasteiger partial charge in [0.2, 0.25) is 0 Å². The number of carbonyl (C=O) groups is 1. The highest BCUT2D eigenvalue weighted by molar-refractivity contribution is 5.76. The summed E-state index contributed by atoms with van der Waals surface area (Å²) in [5, 5.41) is 0. The molecule has 174 valence electrons. The van der Waals surface area contributed by atoms with Gasteiger partial charge in [-0.3, -0.25) is 9.69 Å². The van der Waals surface area contributed by atoms with Crippen LogP contribution in [-0.2, 0) is 35.0 Å². The Morgan fingerprint density at radius 2 is 1.34 bits per heavy atom. The molecular formula is C21H17F8NO2. The smallest absolute Gasteiger partial charge is 0.416 e. The summed E-state index contributed by atoms with van der Waals surface area (Å²) in [6.45, 7) is -1.39. The standard InChI is InChI=1S/C21H17F8NO2/c22-19(23)9-17(18(31)32-11-14-3-7-16(8-4-14)21(27,28)29)30(12-19)10-13-1-5-15(6-2-13)20(24,25)26/h1-8,17H,9-12H2/t17-/m1/s1. The lowest BCUT2D eigenvalue weighted by atomic mass is 10.1. The van der Waals surface area contributed by atoms with Gasteiger partial charge in [0.05, 0.1) is 17.7 Å². The maximum Gasteiger partial charge on any atom is 0.416 e. The predicted octanol–water partition coefficient (Wildman–Crippen LogP) is 5.68. The van der Waals surface area contributed by atoms with Gasteiger partial charge in [-0.15, -0.1) is 0 Å². The van der Waals surface area contributed by atoms with E-state index >= 15 is 0 Å². The van der Waals surface area contributed by atoms with Gasteiger partial charge < -0.3 is 4.74 Å². The number of alkyl halides is 8. The van der Waals surface area contributed by atoms with Crippen molar-refractivity contribution in [2.75, 3.05) is 6.54 Å². The first-order valence-corrected chi connectivity index (χ1v) is 9.35. The molecule has 0 aromatic heterocycles.